The molecule has 0 aliphatic rings. The predicted octanol–water partition coefficient (Wildman–Crippen LogP) is 24.1. The summed E-state index contributed by atoms with van der Waals surface area (Å²) in [4.78, 5) is 66.6. The van der Waals surface area contributed by atoms with E-state index in [9.17, 15) is 9.18 Å². The number of carbonyl (C=O) groups excluding carboxylic acids is 1. The molecular weight excluding hydrogens is 1560 g/mol. The van der Waals surface area contributed by atoms with Gasteiger partial charge in [-0.15, -0.1) is 0 Å². The number of halogens is 1. The minimum absolute atomic E-state index is 0.223. The Morgan fingerprint density at radius 3 is 0.712 bits per heavy atom. The average molecular weight is 1660 g/mol. The number of ether oxygens (including phenoxy) is 1. The van der Waals surface area contributed by atoms with Gasteiger partial charge in [0.2, 0.25) is 71.4 Å². The van der Waals surface area contributed by atoms with Crippen LogP contribution in [0.4, 0.5) is 144 Å². The van der Waals surface area contributed by atoms with Gasteiger partial charge in [-0.1, -0.05) is 158 Å². The van der Waals surface area contributed by atoms with Gasteiger partial charge in [0.05, 0.1) is 23.5 Å². The molecule has 12 aromatic carbocycles. The highest BCUT2D eigenvalue weighted by Crippen LogP contribution is 2.30. The van der Waals surface area contributed by atoms with Crippen molar-refractivity contribution in [3.05, 3.63) is 358 Å². The summed E-state index contributed by atoms with van der Waals surface area (Å²) in [6.45, 7) is 22.5. The highest BCUT2D eigenvalue weighted by Gasteiger charge is 2.18. The maximum atomic E-state index is 14.1. The lowest BCUT2D eigenvalue weighted by Gasteiger charge is -2.13. The minimum atomic E-state index is -0.420. The molecule has 0 aliphatic carbocycles. The zero-order valence-corrected chi connectivity index (χ0v) is 71.2. The monoisotopic (exact) mass is 1660 g/mol. The summed E-state index contributed by atoms with van der Waals surface area (Å²) in [5.41, 5.74) is 21.7. The molecule has 4 aromatic heterocycles. The van der Waals surface area contributed by atoms with Gasteiger partial charge in [-0.25, -0.2) is 9.18 Å². The van der Waals surface area contributed by atoms with Gasteiger partial charge in [0, 0.05) is 56.9 Å². The van der Waals surface area contributed by atoms with E-state index in [0.29, 0.717) is 70.7 Å². The second-order valence-corrected chi connectivity index (χ2v) is 29.3. The van der Waals surface area contributed by atoms with Crippen molar-refractivity contribution in [2.24, 2.45) is 0 Å². The number of aryl methyl sites for hydroxylation is 10. The molecule has 0 atom stereocenters. The van der Waals surface area contributed by atoms with Crippen molar-refractivity contribution in [1.29, 1.82) is 0 Å². The highest BCUT2D eigenvalue weighted by atomic mass is 19.1. The number of benzene rings is 12. The quantitative estimate of drug-likeness (QED) is 0.0213. The van der Waals surface area contributed by atoms with Gasteiger partial charge in [0.1, 0.15) is 5.82 Å². The Labute approximate surface area is 726 Å². The Hall–Kier alpha value is -16.3. The predicted molar refractivity (Wildman–Crippen MR) is 504 cm³/mol. The molecular formula is C98H97FN24O2. The molecule has 26 nitrogen and oxygen atoms in total. The number of hydrogen-bond acceptors (Lipinski definition) is 26. The normalized spacial score (nSPS) is 10.5. The summed E-state index contributed by atoms with van der Waals surface area (Å²) in [7, 11) is 0. The number of carbonyl (C=O) groups is 1. The number of rotatable bonds is 27. The molecule has 0 unspecified atom stereocenters. The van der Waals surface area contributed by atoms with Crippen LogP contribution >= 0.6 is 0 Å². The number of anilines is 24. The van der Waals surface area contributed by atoms with E-state index in [-0.39, 0.29) is 30.0 Å². The lowest BCUT2D eigenvalue weighted by molar-refractivity contribution is 0.0527. The van der Waals surface area contributed by atoms with Crippen molar-refractivity contribution in [2.75, 3.05) is 70.4 Å². The van der Waals surface area contributed by atoms with Crippen molar-refractivity contribution in [3.8, 4) is 0 Å². The summed E-state index contributed by atoms with van der Waals surface area (Å²) in [5, 5.41) is 38.6. The van der Waals surface area contributed by atoms with Gasteiger partial charge >= 0.3 is 5.97 Å². The molecule has 0 spiro atoms. The first kappa shape index (κ1) is 86.5. The van der Waals surface area contributed by atoms with Crippen LogP contribution in [0, 0.1) is 68.1 Å². The van der Waals surface area contributed by atoms with Gasteiger partial charge in [-0.05, 0) is 271 Å². The van der Waals surface area contributed by atoms with Gasteiger partial charge in [0.25, 0.3) is 0 Å². The Balaban J connectivity index is 0.000000143. The van der Waals surface area contributed by atoms with Crippen LogP contribution in [0.2, 0.25) is 0 Å². The molecule has 125 heavy (non-hydrogen) atoms. The third-order valence-electron chi connectivity index (χ3n) is 18.5. The van der Waals surface area contributed by atoms with Crippen LogP contribution in [0.1, 0.15) is 79.8 Å². The molecule has 16 aromatic rings. The van der Waals surface area contributed by atoms with Crippen LogP contribution in [0.25, 0.3) is 0 Å². The standard InChI is InChI=1S/C26H26N6O2.C25H26N6.C24H24N6.C23H21FN6/c1-4-34-23(33)21-13-5-6-14-22(21)29-26-31-24(27-19-11-7-9-17(2)15-19)30-25(32-26)28-20-12-8-10-18(3)16-20;1-4-19-11-13-20(14-12-19)26-23-29-24(27-21-9-5-7-17(2)15-21)31-25(30-23)28-22-10-6-8-18(3)16-22;1-16-10-12-19(13-11-16)25-22-28-23(26-20-8-4-6-17(2)14-20)30-24(29-22)27-21-9-5-7-18(3)15-21;1-15-7-5-9-17(13-15)25-21-28-22(26-18-10-6-8-16(2)14-18)30-23(29-21)27-20-12-4-3-11-19(20)24/h5-16H,4H2,1-3H3,(H3,27,28,29,30,31,32);5-16H,4H2,1-3H3,(H3,26,27,28,29,30,31);4-15H,1-3H3,(H3,25,26,27,28,29,30);3-14H,1-2H3,(H3,25,26,27,28,29,30). The number of nitrogens with one attached hydrogen (secondary N) is 12. The Kier molecular flexibility index (Phi) is 29.5. The third kappa shape index (κ3) is 27.1. The summed E-state index contributed by atoms with van der Waals surface area (Å²) in [6, 6.07) is 93.7. The zero-order chi connectivity index (χ0) is 87.4. The van der Waals surface area contributed by atoms with E-state index in [2.05, 4.69) is 176 Å². The van der Waals surface area contributed by atoms with Crippen LogP contribution in [0.5, 0.6) is 0 Å². The van der Waals surface area contributed by atoms with Crippen LogP contribution in [-0.2, 0) is 11.2 Å². The fourth-order valence-electron chi connectivity index (χ4n) is 12.5. The maximum absolute atomic E-state index is 14.1. The smallest absolute Gasteiger partial charge is 0.340 e. The molecule has 27 heteroatoms. The van der Waals surface area contributed by atoms with E-state index in [1.807, 2.05) is 266 Å². The molecule has 0 amide bonds. The van der Waals surface area contributed by atoms with Crippen molar-refractivity contribution in [2.45, 2.75) is 82.6 Å². The number of hydrogen-bond donors (Lipinski definition) is 12. The first-order valence-corrected chi connectivity index (χ1v) is 40.6. The second-order valence-electron chi connectivity index (χ2n) is 29.3. The molecule has 12 N–H and O–H groups in total. The second kappa shape index (κ2) is 42.6. The maximum Gasteiger partial charge on any atom is 0.340 e. The van der Waals surface area contributed by atoms with Crippen LogP contribution in [-0.4, -0.2) is 72.4 Å². The summed E-state index contributed by atoms with van der Waals surface area (Å²) < 4.78 is 19.3. The lowest BCUT2D eigenvalue weighted by Crippen LogP contribution is -2.11. The Morgan fingerprint density at radius 1 is 0.240 bits per heavy atom. The van der Waals surface area contributed by atoms with Crippen LogP contribution in [0.3, 0.4) is 0 Å². The Bertz CT molecular complexity index is 6080. The van der Waals surface area contributed by atoms with Crippen LogP contribution < -0.4 is 63.8 Å². The third-order valence-corrected chi connectivity index (χ3v) is 18.5. The SMILES string of the molecule is CCOC(=O)c1ccccc1Nc1nc(Nc2cccc(C)c2)nc(Nc2cccc(C)c2)n1.CCc1ccc(Nc2nc(Nc3cccc(C)c3)nc(Nc3cccc(C)c3)n2)cc1.Cc1ccc(Nc2nc(Nc3cccc(C)c3)nc(Nc3cccc(C)c3)n2)cc1.Cc1cccc(Nc2nc(Nc3cccc(C)c3)nc(Nc3ccccc3F)n2)c1. The number of para-hydroxylation sites is 2. The number of esters is 1. The lowest BCUT2D eigenvalue weighted by atomic mass is 10.1. The molecule has 16 rings (SSSR count). The summed E-state index contributed by atoms with van der Waals surface area (Å²) in [6.07, 6.45) is 1.00. The van der Waals surface area contributed by atoms with E-state index in [4.69, 9.17) is 4.74 Å². The molecule has 0 saturated heterocycles. The number of aromatic nitrogens is 12. The van der Waals surface area contributed by atoms with Crippen LogP contribution in [0.15, 0.2) is 291 Å². The largest absolute Gasteiger partial charge is 0.462 e. The van der Waals surface area contributed by atoms with Gasteiger partial charge < -0.3 is 68.5 Å². The average Bonchev–Trinajstić information content (AvgIpc) is 0.792. The van der Waals surface area contributed by atoms with Crippen molar-refractivity contribution >= 4 is 146 Å². The minimum Gasteiger partial charge on any atom is -0.462 e. The van der Waals surface area contributed by atoms with E-state index >= 15 is 0 Å². The van der Waals surface area contributed by atoms with E-state index in [1.54, 1.807) is 43.3 Å². The molecule has 0 bridgehead atoms. The fraction of sp³-hybridized carbons (Fsp3) is 0.133. The Morgan fingerprint density at radius 2 is 0.464 bits per heavy atom. The summed E-state index contributed by atoms with van der Waals surface area (Å²) >= 11 is 0. The van der Waals surface area contributed by atoms with Crippen molar-refractivity contribution in [1.82, 2.24) is 59.8 Å². The first-order chi connectivity index (χ1) is 60.6. The topological polar surface area (TPSA) is 325 Å². The molecule has 0 aliphatic heterocycles. The van der Waals surface area contributed by atoms with Gasteiger partial charge in [-0.3, -0.25) is 0 Å². The molecule has 4 heterocycles. The summed E-state index contributed by atoms with van der Waals surface area (Å²) in [5.74, 6) is 3.83. The first-order valence-electron chi connectivity index (χ1n) is 40.6. The van der Waals surface area contributed by atoms with Crippen molar-refractivity contribution in [3.63, 3.8) is 0 Å². The molecule has 0 radical (unpaired) electrons. The zero-order valence-electron chi connectivity index (χ0n) is 71.2. The van der Waals surface area contributed by atoms with Gasteiger partial charge in [0.15, 0.2) is 0 Å². The molecule has 0 fully saturated rings. The van der Waals surface area contributed by atoms with Gasteiger partial charge in [-0.2, -0.15) is 59.8 Å². The molecule has 0 saturated carbocycles. The van der Waals surface area contributed by atoms with E-state index < -0.39 is 5.97 Å². The van der Waals surface area contributed by atoms with E-state index in [0.717, 1.165) is 108 Å². The van der Waals surface area contributed by atoms with E-state index in [1.165, 1.54) is 17.2 Å². The number of nitrogens with zero attached hydrogens (tertiary/aromatic N) is 12. The fourth-order valence-corrected chi connectivity index (χ4v) is 12.5. The molecule has 628 valence electrons. The highest BCUT2D eigenvalue weighted by molar-refractivity contribution is 5.96. The van der Waals surface area contributed by atoms with Crippen molar-refractivity contribution < 1.29 is 13.9 Å².